The van der Waals surface area contributed by atoms with Gasteiger partial charge in [0.2, 0.25) is 11.6 Å². The number of methoxy groups -OCH3 is 2. The Morgan fingerprint density at radius 1 is 1.09 bits per heavy atom. The van der Waals surface area contributed by atoms with Gasteiger partial charge in [0.15, 0.2) is 0 Å². The third-order valence-electron chi connectivity index (χ3n) is 4.47. The average molecular weight is 439 g/mol. The van der Waals surface area contributed by atoms with E-state index in [-0.39, 0.29) is 18.1 Å². The van der Waals surface area contributed by atoms with E-state index in [1.54, 1.807) is 18.2 Å². The summed E-state index contributed by atoms with van der Waals surface area (Å²) >= 11 is 0. The number of fused-ring (bicyclic) bond motifs is 1. The van der Waals surface area contributed by atoms with Gasteiger partial charge >= 0.3 is 5.69 Å². The minimum atomic E-state index is -0.553. The van der Waals surface area contributed by atoms with E-state index < -0.39 is 17.4 Å². The van der Waals surface area contributed by atoms with Crippen molar-refractivity contribution in [3.63, 3.8) is 0 Å². The predicted molar refractivity (Wildman–Crippen MR) is 112 cm³/mol. The molecule has 0 unspecified atom stereocenters. The van der Waals surface area contributed by atoms with Gasteiger partial charge in [-0.3, -0.25) is 4.79 Å². The van der Waals surface area contributed by atoms with Gasteiger partial charge in [-0.25, -0.2) is 23.3 Å². The second kappa shape index (κ2) is 8.76. The molecule has 0 saturated heterocycles. The molecular weight excluding hydrogens is 421 g/mol. The summed E-state index contributed by atoms with van der Waals surface area (Å²) in [7, 11) is 2.98. The predicted octanol–water partition coefficient (Wildman–Crippen LogP) is 2.48. The van der Waals surface area contributed by atoms with E-state index in [9.17, 15) is 14.0 Å². The Labute approximate surface area is 180 Å². The molecule has 1 amide bonds. The van der Waals surface area contributed by atoms with E-state index in [1.807, 2.05) is 0 Å². The summed E-state index contributed by atoms with van der Waals surface area (Å²) in [5.41, 5.74) is -0.0306. The lowest BCUT2D eigenvalue weighted by molar-refractivity contribution is -0.117. The fourth-order valence-electron chi connectivity index (χ4n) is 2.94. The lowest BCUT2D eigenvalue weighted by Gasteiger charge is -2.11. The van der Waals surface area contributed by atoms with Crippen LogP contribution in [0.3, 0.4) is 0 Å². The summed E-state index contributed by atoms with van der Waals surface area (Å²) in [6.45, 7) is -0.355. The summed E-state index contributed by atoms with van der Waals surface area (Å²) in [6, 6.07) is 10.2. The Balaban J connectivity index is 1.57. The number of carbonyl (C=O) groups excluding carboxylic acids is 1. The number of amides is 1. The van der Waals surface area contributed by atoms with Crippen LogP contribution in [-0.4, -0.2) is 39.3 Å². The highest BCUT2D eigenvalue weighted by atomic mass is 19.1. The highest BCUT2D eigenvalue weighted by molar-refractivity contribution is 5.92. The zero-order valence-corrected chi connectivity index (χ0v) is 17.1. The molecule has 0 aliphatic carbocycles. The fourth-order valence-corrected chi connectivity index (χ4v) is 2.94. The van der Waals surface area contributed by atoms with E-state index in [0.29, 0.717) is 22.9 Å². The van der Waals surface area contributed by atoms with E-state index in [1.165, 1.54) is 55.3 Å². The highest BCUT2D eigenvalue weighted by Gasteiger charge is 2.17. The van der Waals surface area contributed by atoms with Gasteiger partial charge in [0.05, 0.1) is 19.9 Å². The number of anilines is 1. The molecule has 0 radical (unpaired) electrons. The third-order valence-corrected chi connectivity index (χ3v) is 4.47. The fraction of sp³-hybridized carbons (Fsp3) is 0.143. The van der Waals surface area contributed by atoms with Gasteiger partial charge in [-0.1, -0.05) is 0 Å². The number of nitrogens with zero attached hydrogens (tertiary/aromatic N) is 4. The second-order valence-electron chi connectivity index (χ2n) is 6.54. The lowest BCUT2D eigenvalue weighted by atomic mass is 10.2. The van der Waals surface area contributed by atoms with Crippen LogP contribution >= 0.6 is 0 Å². The molecule has 11 heteroatoms. The molecule has 0 aliphatic heterocycles. The van der Waals surface area contributed by atoms with Crippen molar-refractivity contribution in [2.75, 3.05) is 19.5 Å². The Morgan fingerprint density at radius 3 is 2.56 bits per heavy atom. The first-order valence-electron chi connectivity index (χ1n) is 9.38. The Kier molecular flexibility index (Phi) is 5.71. The lowest BCUT2D eigenvalue weighted by Crippen LogP contribution is -2.28. The van der Waals surface area contributed by atoms with Crippen molar-refractivity contribution < 1.29 is 23.4 Å². The van der Waals surface area contributed by atoms with Gasteiger partial charge in [0.25, 0.3) is 5.88 Å². The summed E-state index contributed by atoms with van der Waals surface area (Å²) in [6.07, 6.45) is 2.77. The van der Waals surface area contributed by atoms with Gasteiger partial charge in [0, 0.05) is 18.5 Å². The largest absolute Gasteiger partial charge is 0.497 e. The normalized spacial score (nSPS) is 10.7. The van der Waals surface area contributed by atoms with Crippen molar-refractivity contribution in [1.82, 2.24) is 19.2 Å². The molecular formula is C21H18FN5O5. The average Bonchev–Trinajstić information content (AvgIpc) is 3.11. The first kappa shape index (κ1) is 20.8. The summed E-state index contributed by atoms with van der Waals surface area (Å²) in [4.78, 5) is 29.3. The molecule has 0 atom stereocenters. The molecule has 2 heterocycles. The number of nitrogens with one attached hydrogen (secondary N) is 1. The van der Waals surface area contributed by atoms with Crippen LogP contribution in [0.15, 0.2) is 59.7 Å². The Hall–Kier alpha value is -4.41. The number of halogens is 1. The topological polar surface area (TPSA) is 109 Å². The van der Waals surface area contributed by atoms with Crippen LogP contribution in [0.1, 0.15) is 0 Å². The SMILES string of the molecule is COc1ccc(NC(=O)Cn2nc3c(Oc4ccc(F)cc4)nccn3c2=O)c(OC)c1. The number of benzene rings is 2. The highest BCUT2D eigenvalue weighted by Crippen LogP contribution is 2.29. The quantitative estimate of drug-likeness (QED) is 0.471. The van der Waals surface area contributed by atoms with Gasteiger partial charge < -0.3 is 19.5 Å². The first-order valence-corrected chi connectivity index (χ1v) is 9.38. The molecule has 10 nitrogen and oxygen atoms in total. The molecule has 0 bridgehead atoms. The van der Waals surface area contributed by atoms with Crippen LogP contribution in [0.2, 0.25) is 0 Å². The molecule has 0 saturated carbocycles. The van der Waals surface area contributed by atoms with Crippen molar-refractivity contribution in [2.45, 2.75) is 6.54 Å². The van der Waals surface area contributed by atoms with Crippen molar-refractivity contribution in [3.8, 4) is 23.1 Å². The van der Waals surface area contributed by atoms with Crippen LogP contribution in [0.5, 0.6) is 23.1 Å². The number of hydrogen-bond donors (Lipinski definition) is 1. The number of ether oxygens (including phenoxy) is 3. The van der Waals surface area contributed by atoms with Crippen LogP contribution in [0.4, 0.5) is 10.1 Å². The summed E-state index contributed by atoms with van der Waals surface area (Å²) < 4.78 is 31.3. The molecule has 4 aromatic rings. The molecule has 2 aromatic heterocycles. The zero-order chi connectivity index (χ0) is 22.7. The van der Waals surface area contributed by atoms with Crippen LogP contribution < -0.4 is 25.2 Å². The van der Waals surface area contributed by atoms with Crippen molar-refractivity contribution >= 4 is 17.2 Å². The molecule has 0 aliphatic rings. The minimum Gasteiger partial charge on any atom is -0.497 e. The second-order valence-corrected chi connectivity index (χ2v) is 6.54. The maximum Gasteiger partial charge on any atom is 0.351 e. The molecule has 0 fully saturated rings. The van der Waals surface area contributed by atoms with Crippen LogP contribution in [-0.2, 0) is 11.3 Å². The minimum absolute atomic E-state index is 0.0344. The molecule has 4 rings (SSSR count). The smallest absolute Gasteiger partial charge is 0.351 e. The standard InChI is InChI=1S/C21H18FN5O5/c1-30-15-7-8-16(17(11-15)31-2)24-18(28)12-27-21(29)26-10-9-23-20(19(26)25-27)32-14-5-3-13(22)4-6-14/h3-11H,12H2,1-2H3,(H,24,28). The van der Waals surface area contributed by atoms with E-state index in [2.05, 4.69) is 15.4 Å². The van der Waals surface area contributed by atoms with Crippen molar-refractivity contribution in [1.29, 1.82) is 0 Å². The number of aromatic nitrogens is 4. The third kappa shape index (κ3) is 4.21. The van der Waals surface area contributed by atoms with Gasteiger partial charge in [-0.05, 0) is 36.4 Å². The van der Waals surface area contributed by atoms with E-state index in [0.717, 1.165) is 4.68 Å². The Morgan fingerprint density at radius 2 is 1.84 bits per heavy atom. The van der Waals surface area contributed by atoms with Gasteiger partial charge in [-0.2, -0.15) is 0 Å². The maximum absolute atomic E-state index is 13.1. The van der Waals surface area contributed by atoms with Gasteiger partial charge in [-0.15, -0.1) is 5.10 Å². The van der Waals surface area contributed by atoms with E-state index >= 15 is 0 Å². The molecule has 32 heavy (non-hydrogen) atoms. The molecule has 1 N–H and O–H groups in total. The number of carbonyl (C=O) groups is 1. The van der Waals surface area contributed by atoms with Crippen molar-refractivity contribution in [2.24, 2.45) is 0 Å². The first-order chi connectivity index (χ1) is 15.5. The summed E-state index contributed by atoms with van der Waals surface area (Å²) in [5.74, 6) is 0.416. The Bertz CT molecular complexity index is 1330. The van der Waals surface area contributed by atoms with Gasteiger partial charge in [0.1, 0.15) is 29.6 Å². The van der Waals surface area contributed by atoms with Crippen LogP contribution in [0, 0.1) is 5.82 Å². The number of hydrogen-bond acceptors (Lipinski definition) is 7. The molecule has 2 aromatic carbocycles. The molecule has 164 valence electrons. The number of rotatable bonds is 7. The molecule has 0 spiro atoms. The zero-order valence-electron chi connectivity index (χ0n) is 17.1. The van der Waals surface area contributed by atoms with Crippen LogP contribution in [0.25, 0.3) is 5.65 Å². The van der Waals surface area contributed by atoms with Crippen molar-refractivity contribution in [3.05, 3.63) is 71.2 Å². The monoisotopic (exact) mass is 439 g/mol. The summed E-state index contributed by atoms with van der Waals surface area (Å²) in [5, 5.41) is 6.85. The maximum atomic E-state index is 13.1. The van der Waals surface area contributed by atoms with E-state index in [4.69, 9.17) is 14.2 Å².